The number of phenolic OH excluding ortho intramolecular Hbond substituents is 1. The van der Waals surface area contributed by atoms with E-state index in [1.54, 1.807) is 19.1 Å². The van der Waals surface area contributed by atoms with Crippen molar-refractivity contribution in [1.82, 2.24) is 5.32 Å². The van der Waals surface area contributed by atoms with Crippen LogP contribution in [-0.4, -0.2) is 17.6 Å². The quantitative estimate of drug-likeness (QED) is 0.327. The maximum Gasteiger partial charge on any atom is 0.267 e. The number of phenols is 1. The second kappa shape index (κ2) is 8.55. The normalized spacial score (nSPS) is 10.8. The Balaban J connectivity index is 1.92. The molecule has 2 aromatic rings. The van der Waals surface area contributed by atoms with Gasteiger partial charge in [-0.15, -0.1) is 0 Å². The highest BCUT2D eigenvalue weighted by molar-refractivity contribution is 6.06. The van der Waals surface area contributed by atoms with E-state index >= 15 is 0 Å². The van der Waals surface area contributed by atoms with E-state index in [1.165, 1.54) is 23.4 Å². The van der Waals surface area contributed by atoms with Gasteiger partial charge in [0.2, 0.25) is 0 Å². The second-order valence-corrected chi connectivity index (χ2v) is 5.82. The van der Waals surface area contributed by atoms with Crippen LogP contribution in [0.3, 0.4) is 0 Å². The predicted molar refractivity (Wildman–Crippen MR) is 98.1 cm³/mol. The molecular weight excluding hydrogens is 314 g/mol. The third kappa shape index (κ3) is 5.40. The molecule has 0 bridgehead atoms. The number of nitrogens with zero attached hydrogens (tertiary/aromatic N) is 1. The standard InChI is InChI=1S/C20H21N3O2/c1-14-4-3-5-16(10-14)8-9-22-13-17(12-21)20(25)23-19-7-6-18(24)11-15(19)2/h3-7,10-11,13,22,24H,8-9H2,1-2H3,(H,23,25)/b17-13-. The molecular formula is C20H21N3O2. The Morgan fingerprint density at radius 3 is 2.72 bits per heavy atom. The fourth-order valence-corrected chi connectivity index (χ4v) is 2.38. The molecule has 0 aliphatic carbocycles. The Morgan fingerprint density at radius 1 is 1.24 bits per heavy atom. The van der Waals surface area contributed by atoms with Crippen molar-refractivity contribution in [2.45, 2.75) is 20.3 Å². The number of hydrogen-bond donors (Lipinski definition) is 3. The van der Waals surface area contributed by atoms with E-state index in [1.807, 2.05) is 31.2 Å². The molecule has 25 heavy (non-hydrogen) atoms. The number of nitrogens with one attached hydrogen (secondary N) is 2. The smallest absolute Gasteiger partial charge is 0.267 e. The molecule has 0 unspecified atom stereocenters. The zero-order valence-corrected chi connectivity index (χ0v) is 14.3. The van der Waals surface area contributed by atoms with Crippen molar-refractivity contribution in [3.8, 4) is 11.8 Å². The highest BCUT2D eigenvalue weighted by Gasteiger charge is 2.10. The second-order valence-electron chi connectivity index (χ2n) is 5.82. The lowest BCUT2D eigenvalue weighted by atomic mass is 10.1. The number of aryl methyl sites for hydroxylation is 2. The summed E-state index contributed by atoms with van der Waals surface area (Å²) in [4.78, 5) is 12.2. The Bertz CT molecular complexity index is 835. The molecule has 0 spiro atoms. The number of hydrogen-bond acceptors (Lipinski definition) is 4. The lowest BCUT2D eigenvalue weighted by molar-refractivity contribution is -0.112. The van der Waals surface area contributed by atoms with Gasteiger partial charge in [0.15, 0.2) is 0 Å². The maximum absolute atomic E-state index is 12.2. The van der Waals surface area contributed by atoms with E-state index in [4.69, 9.17) is 0 Å². The number of nitriles is 1. The summed E-state index contributed by atoms with van der Waals surface area (Å²) in [6, 6.07) is 14.7. The maximum atomic E-state index is 12.2. The number of carbonyl (C=O) groups is 1. The zero-order valence-electron chi connectivity index (χ0n) is 14.3. The molecule has 3 N–H and O–H groups in total. The number of benzene rings is 2. The third-order valence-electron chi connectivity index (χ3n) is 3.71. The Kier molecular flexibility index (Phi) is 6.19. The van der Waals surface area contributed by atoms with Crippen LogP contribution < -0.4 is 10.6 Å². The topological polar surface area (TPSA) is 85.2 Å². The first kappa shape index (κ1) is 18.1. The van der Waals surface area contributed by atoms with Gasteiger partial charge in [0, 0.05) is 18.4 Å². The molecule has 0 saturated carbocycles. The van der Waals surface area contributed by atoms with Gasteiger partial charge in [-0.25, -0.2) is 0 Å². The van der Waals surface area contributed by atoms with E-state index < -0.39 is 5.91 Å². The summed E-state index contributed by atoms with van der Waals surface area (Å²) >= 11 is 0. The van der Waals surface area contributed by atoms with E-state index in [2.05, 4.69) is 16.7 Å². The SMILES string of the molecule is Cc1cccc(CCN/C=C(/C#N)C(=O)Nc2ccc(O)cc2C)c1. The van der Waals surface area contributed by atoms with Crippen LogP contribution in [-0.2, 0) is 11.2 Å². The molecule has 0 saturated heterocycles. The van der Waals surface area contributed by atoms with E-state index in [0.29, 0.717) is 12.2 Å². The van der Waals surface area contributed by atoms with Crippen molar-refractivity contribution in [3.05, 3.63) is 70.9 Å². The molecule has 5 nitrogen and oxygen atoms in total. The van der Waals surface area contributed by atoms with Gasteiger partial charge in [-0.2, -0.15) is 5.26 Å². The fourth-order valence-electron chi connectivity index (χ4n) is 2.38. The minimum Gasteiger partial charge on any atom is -0.508 e. The first-order valence-electron chi connectivity index (χ1n) is 8.00. The lowest BCUT2D eigenvalue weighted by Crippen LogP contribution is -2.18. The summed E-state index contributed by atoms with van der Waals surface area (Å²) in [6.45, 7) is 4.44. The van der Waals surface area contributed by atoms with E-state index in [-0.39, 0.29) is 11.3 Å². The van der Waals surface area contributed by atoms with Crippen LogP contribution in [0.5, 0.6) is 5.75 Å². The predicted octanol–water partition coefficient (Wildman–Crippen LogP) is 3.19. The molecule has 0 fully saturated rings. The van der Waals surface area contributed by atoms with Crippen LogP contribution in [0.2, 0.25) is 0 Å². The lowest BCUT2D eigenvalue weighted by Gasteiger charge is -2.08. The molecule has 0 aliphatic rings. The number of anilines is 1. The Hall–Kier alpha value is -3.26. The Morgan fingerprint density at radius 2 is 2.04 bits per heavy atom. The van der Waals surface area contributed by atoms with Gasteiger partial charge in [-0.1, -0.05) is 29.8 Å². The van der Waals surface area contributed by atoms with Gasteiger partial charge >= 0.3 is 0 Å². The van der Waals surface area contributed by atoms with Crippen LogP contribution >= 0.6 is 0 Å². The summed E-state index contributed by atoms with van der Waals surface area (Å²) in [6.07, 6.45) is 2.23. The van der Waals surface area contributed by atoms with Crippen LogP contribution in [0.4, 0.5) is 5.69 Å². The van der Waals surface area contributed by atoms with E-state index in [9.17, 15) is 15.2 Å². The summed E-state index contributed by atoms with van der Waals surface area (Å²) < 4.78 is 0. The van der Waals surface area contributed by atoms with Crippen molar-refractivity contribution >= 4 is 11.6 Å². The van der Waals surface area contributed by atoms with Gasteiger partial charge in [0.05, 0.1) is 0 Å². The average Bonchev–Trinajstić information content (AvgIpc) is 2.57. The first-order valence-corrected chi connectivity index (χ1v) is 8.00. The summed E-state index contributed by atoms with van der Waals surface area (Å²) in [5.74, 6) is -0.358. The van der Waals surface area contributed by atoms with Gasteiger partial charge in [0.25, 0.3) is 5.91 Å². The fraction of sp³-hybridized carbons (Fsp3) is 0.200. The van der Waals surface area contributed by atoms with Crippen LogP contribution in [0, 0.1) is 25.2 Å². The summed E-state index contributed by atoms with van der Waals surface area (Å²) in [7, 11) is 0. The number of rotatable bonds is 6. The van der Waals surface area contributed by atoms with Crippen LogP contribution in [0.15, 0.2) is 54.2 Å². The molecule has 2 rings (SSSR count). The minimum absolute atomic E-state index is 0.00304. The van der Waals surface area contributed by atoms with Crippen molar-refractivity contribution in [2.24, 2.45) is 0 Å². The van der Waals surface area contributed by atoms with Gasteiger partial charge in [0.1, 0.15) is 17.4 Å². The monoisotopic (exact) mass is 335 g/mol. The van der Waals surface area contributed by atoms with Crippen molar-refractivity contribution in [1.29, 1.82) is 5.26 Å². The molecule has 0 aliphatic heterocycles. The van der Waals surface area contributed by atoms with Gasteiger partial charge < -0.3 is 15.7 Å². The first-order chi connectivity index (χ1) is 12.0. The minimum atomic E-state index is -0.487. The van der Waals surface area contributed by atoms with E-state index in [0.717, 1.165) is 12.0 Å². The van der Waals surface area contributed by atoms with Crippen molar-refractivity contribution < 1.29 is 9.90 Å². The number of carbonyl (C=O) groups excluding carboxylic acids is 1. The van der Waals surface area contributed by atoms with Crippen LogP contribution in [0.25, 0.3) is 0 Å². The molecule has 0 radical (unpaired) electrons. The van der Waals surface area contributed by atoms with Crippen molar-refractivity contribution in [3.63, 3.8) is 0 Å². The highest BCUT2D eigenvalue weighted by Crippen LogP contribution is 2.20. The molecule has 2 aromatic carbocycles. The molecule has 128 valence electrons. The van der Waals surface area contributed by atoms with Crippen molar-refractivity contribution in [2.75, 3.05) is 11.9 Å². The highest BCUT2D eigenvalue weighted by atomic mass is 16.3. The molecule has 1 amide bonds. The average molecular weight is 335 g/mol. The number of aromatic hydroxyl groups is 1. The summed E-state index contributed by atoms with van der Waals surface area (Å²) in [5.41, 5.74) is 3.68. The van der Waals surface area contributed by atoms with Gasteiger partial charge in [-0.3, -0.25) is 4.79 Å². The van der Waals surface area contributed by atoms with Crippen LogP contribution in [0.1, 0.15) is 16.7 Å². The summed E-state index contributed by atoms with van der Waals surface area (Å²) in [5, 5.41) is 24.3. The molecule has 0 aromatic heterocycles. The van der Waals surface area contributed by atoms with Gasteiger partial charge in [-0.05, 0) is 49.6 Å². The molecule has 0 heterocycles. The zero-order chi connectivity index (χ0) is 18.2. The number of amides is 1. The largest absolute Gasteiger partial charge is 0.508 e. The molecule has 5 heteroatoms. The Labute approximate surface area is 147 Å². The third-order valence-corrected chi connectivity index (χ3v) is 3.71. The molecule has 0 atom stereocenters.